The van der Waals surface area contributed by atoms with Crippen molar-refractivity contribution in [3.05, 3.63) is 64.8 Å². The molecule has 0 N–H and O–H groups in total. The van der Waals surface area contributed by atoms with Crippen molar-refractivity contribution in [1.82, 2.24) is 9.47 Å². The van der Waals surface area contributed by atoms with E-state index in [2.05, 4.69) is 4.57 Å². The first kappa shape index (κ1) is 18.0. The summed E-state index contributed by atoms with van der Waals surface area (Å²) in [7, 11) is 1.62. The molecule has 2 aromatic carbocycles. The van der Waals surface area contributed by atoms with Crippen LogP contribution in [0.15, 0.2) is 42.5 Å². The minimum atomic E-state index is -0.358. The predicted octanol–water partition coefficient (Wildman–Crippen LogP) is 2.77. The lowest BCUT2D eigenvalue weighted by Crippen LogP contribution is -2.34. The van der Waals surface area contributed by atoms with E-state index in [0.717, 1.165) is 52.5 Å². The van der Waals surface area contributed by atoms with Crippen LogP contribution in [0.25, 0.3) is 10.9 Å². The molecular formula is C22H20N2O4. The quantitative estimate of drug-likeness (QED) is 0.621. The van der Waals surface area contributed by atoms with Crippen LogP contribution in [0.2, 0.25) is 0 Å². The third-order valence-corrected chi connectivity index (χ3v) is 5.35. The third kappa shape index (κ3) is 2.97. The molecule has 6 nitrogen and oxygen atoms in total. The van der Waals surface area contributed by atoms with Crippen LogP contribution in [0, 0.1) is 0 Å². The Hall–Kier alpha value is -3.41. The van der Waals surface area contributed by atoms with Gasteiger partial charge in [0.25, 0.3) is 0 Å². The van der Waals surface area contributed by atoms with E-state index in [-0.39, 0.29) is 5.92 Å². The van der Waals surface area contributed by atoms with E-state index >= 15 is 0 Å². The Labute approximate surface area is 162 Å². The van der Waals surface area contributed by atoms with Crippen molar-refractivity contribution in [3.63, 3.8) is 0 Å². The largest absolute Gasteiger partial charge is 0.497 e. The molecule has 0 bridgehead atoms. The van der Waals surface area contributed by atoms with Gasteiger partial charge in [-0.25, -0.2) is 0 Å². The molecule has 1 amide bonds. The summed E-state index contributed by atoms with van der Waals surface area (Å²) in [5.41, 5.74) is 4.55. The van der Waals surface area contributed by atoms with Crippen LogP contribution >= 0.6 is 0 Å². The van der Waals surface area contributed by atoms with E-state index in [4.69, 9.17) is 4.74 Å². The molecule has 0 spiro atoms. The van der Waals surface area contributed by atoms with Gasteiger partial charge in [-0.2, -0.15) is 0 Å². The number of hydrogen-bond donors (Lipinski definition) is 0. The van der Waals surface area contributed by atoms with Gasteiger partial charge in [0, 0.05) is 35.8 Å². The highest BCUT2D eigenvalue weighted by molar-refractivity contribution is 5.91. The number of fused-ring (bicyclic) bond motifs is 3. The number of aldehydes is 2. The fourth-order valence-corrected chi connectivity index (χ4v) is 3.98. The second-order valence-electron chi connectivity index (χ2n) is 6.97. The second-order valence-corrected chi connectivity index (χ2v) is 6.97. The molecular weight excluding hydrogens is 356 g/mol. The molecule has 0 aliphatic carbocycles. The first-order valence-electron chi connectivity index (χ1n) is 9.06. The molecule has 0 saturated heterocycles. The summed E-state index contributed by atoms with van der Waals surface area (Å²) < 4.78 is 7.53. The third-order valence-electron chi connectivity index (χ3n) is 5.35. The number of carbonyl (C=O) groups is 3. The van der Waals surface area contributed by atoms with E-state index in [0.29, 0.717) is 25.2 Å². The molecule has 0 fully saturated rings. The fraction of sp³-hybridized carbons (Fsp3) is 0.227. The molecule has 6 heteroatoms. The second kappa shape index (κ2) is 7.31. The SMILES string of the molecule is COc1ccc2c3c(n(Cc4ccc(C=O)cc4)c2c1)CN(C=O)CC3C=O. The summed E-state index contributed by atoms with van der Waals surface area (Å²) in [6.45, 7) is 1.40. The van der Waals surface area contributed by atoms with Crippen molar-refractivity contribution in [3.8, 4) is 5.75 Å². The Morgan fingerprint density at radius 1 is 1.11 bits per heavy atom. The van der Waals surface area contributed by atoms with Gasteiger partial charge in [-0.05, 0) is 23.3 Å². The first-order chi connectivity index (χ1) is 13.7. The zero-order chi connectivity index (χ0) is 19.7. The van der Waals surface area contributed by atoms with Crippen LogP contribution in [0.4, 0.5) is 0 Å². The number of methoxy groups -OCH3 is 1. The normalized spacial score (nSPS) is 15.9. The average Bonchev–Trinajstić information content (AvgIpc) is 3.06. The highest BCUT2D eigenvalue weighted by atomic mass is 16.5. The van der Waals surface area contributed by atoms with Gasteiger partial charge in [0.15, 0.2) is 0 Å². The highest BCUT2D eigenvalue weighted by Crippen LogP contribution is 2.37. The maximum atomic E-state index is 11.8. The summed E-state index contributed by atoms with van der Waals surface area (Å²) in [4.78, 5) is 35.8. The van der Waals surface area contributed by atoms with Crippen molar-refractivity contribution in [1.29, 1.82) is 0 Å². The van der Waals surface area contributed by atoms with Gasteiger partial charge in [0.1, 0.15) is 18.3 Å². The lowest BCUT2D eigenvalue weighted by molar-refractivity contribution is -0.120. The van der Waals surface area contributed by atoms with Crippen molar-refractivity contribution in [2.24, 2.45) is 0 Å². The molecule has 0 saturated carbocycles. The van der Waals surface area contributed by atoms with E-state index in [9.17, 15) is 14.4 Å². The van der Waals surface area contributed by atoms with Crippen molar-refractivity contribution in [2.75, 3.05) is 13.7 Å². The van der Waals surface area contributed by atoms with Crippen molar-refractivity contribution >= 4 is 29.9 Å². The predicted molar refractivity (Wildman–Crippen MR) is 105 cm³/mol. The molecule has 3 aromatic rings. The minimum absolute atomic E-state index is 0.358. The van der Waals surface area contributed by atoms with Gasteiger partial charge in [-0.3, -0.25) is 9.59 Å². The van der Waals surface area contributed by atoms with Gasteiger partial charge in [-0.1, -0.05) is 24.3 Å². The molecule has 1 aliphatic rings. The zero-order valence-electron chi connectivity index (χ0n) is 15.5. The summed E-state index contributed by atoms with van der Waals surface area (Å²) >= 11 is 0. The van der Waals surface area contributed by atoms with Gasteiger partial charge in [0.2, 0.25) is 6.41 Å². The summed E-state index contributed by atoms with van der Waals surface area (Å²) in [6, 6.07) is 13.2. The van der Waals surface area contributed by atoms with Crippen LogP contribution in [0.1, 0.15) is 33.1 Å². The van der Waals surface area contributed by atoms with Gasteiger partial charge >= 0.3 is 0 Å². The molecule has 0 radical (unpaired) electrons. The summed E-state index contributed by atoms with van der Waals surface area (Å²) in [6.07, 6.45) is 2.53. The fourth-order valence-electron chi connectivity index (χ4n) is 3.98. The highest BCUT2D eigenvalue weighted by Gasteiger charge is 2.30. The number of aromatic nitrogens is 1. The number of amides is 1. The molecule has 28 heavy (non-hydrogen) atoms. The maximum absolute atomic E-state index is 11.8. The number of hydrogen-bond acceptors (Lipinski definition) is 4. The summed E-state index contributed by atoms with van der Waals surface area (Å²) in [5.74, 6) is 0.373. The van der Waals surface area contributed by atoms with Crippen LogP contribution < -0.4 is 4.74 Å². The van der Waals surface area contributed by atoms with Crippen LogP contribution in [0.5, 0.6) is 5.75 Å². The lowest BCUT2D eigenvalue weighted by Gasteiger charge is -2.29. The molecule has 1 aliphatic heterocycles. The Morgan fingerprint density at radius 2 is 1.89 bits per heavy atom. The zero-order valence-corrected chi connectivity index (χ0v) is 15.5. The molecule has 1 atom stereocenters. The topological polar surface area (TPSA) is 68.6 Å². The Balaban J connectivity index is 1.90. The van der Waals surface area contributed by atoms with Crippen LogP contribution in [0.3, 0.4) is 0 Å². The van der Waals surface area contributed by atoms with Gasteiger partial charge in [-0.15, -0.1) is 0 Å². The van der Waals surface area contributed by atoms with Gasteiger partial charge in [0.05, 0.1) is 25.1 Å². The number of ether oxygens (including phenoxy) is 1. The number of nitrogens with zero attached hydrogens (tertiary/aromatic N) is 2. The average molecular weight is 376 g/mol. The van der Waals surface area contributed by atoms with Crippen molar-refractivity contribution in [2.45, 2.75) is 19.0 Å². The number of rotatable bonds is 6. The van der Waals surface area contributed by atoms with Crippen LogP contribution in [-0.2, 0) is 22.7 Å². The Morgan fingerprint density at radius 3 is 2.54 bits per heavy atom. The smallest absolute Gasteiger partial charge is 0.210 e. The first-order valence-corrected chi connectivity index (χ1v) is 9.06. The minimum Gasteiger partial charge on any atom is -0.497 e. The van der Waals surface area contributed by atoms with E-state index < -0.39 is 0 Å². The van der Waals surface area contributed by atoms with Gasteiger partial charge < -0.3 is 19.0 Å². The molecule has 1 aromatic heterocycles. The molecule has 1 unspecified atom stereocenters. The lowest BCUT2D eigenvalue weighted by atomic mass is 9.93. The Kier molecular flexibility index (Phi) is 4.69. The van der Waals surface area contributed by atoms with Crippen molar-refractivity contribution < 1.29 is 19.1 Å². The monoisotopic (exact) mass is 376 g/mol. The molecule has 2 heterocycles. The summed E-state index contributed by atoms with van der Waals surface area (Å²) in [5, 5.41) is 1.00. The molecule has 142 valence electrons. The number of benzene rings is 2. The van der Waals surface area contributed by atoms with E-state index in [1.54, 1.807) is 24.1 Å². The molecule has 4 rings (SSSR count). The standard InChI is InChI=1S/C22H20N2O4/c1-28-18-6-7-19-20(8-18)24(9-15-2-4-16(12-25)5-3-15)21-11-23(14-27)10-17(13-26)22(19)21/h2-8,12-14,17H,9-11H2,1H3. The number of carbonyl (C=O) groups excluding carboxylic acids is 3. The Bertz CT molecular complexity index is 1050. The van der Waals surface area contributed by atoms with E-state index in [1.165, 1.54) is 0 Å². The van der Waals surface area contributed by atoms with E-state index in [1.807, 2.05) is 30.3 Å². The maximum Gasteiger partial charge on any atom is 0.210 e. The van der Waals surface area contributed by atoms with Crippen LogP contribution in [-0.4, -0.2) is 42.1 Å².